The number of amides is 1. The molecule has 1 aromatic rings. The van der Waals surface area contributed by atoms with Gasteiger partial charge < -0.3 is 10.1 Å². The summed E-state index contributed by atoms with van der Waals surface area (Å²) in [5, 5.41) is 2.97. The second-order valence-corrected chi connectivity index (χ2v) is 5.82. The first-order valence-corrected chi connectivity index (χ1v) is 7.41. The van der Waals surface area contributed by atoms with E-state index in [2.05, 4.69) is 27.9 Å². The molecule has 0 aliphatic carbocycles. The zero-order valence-corrected chi connectivity index (χ0v) is 12.7. The Balaban J connectivity index is 1.92. The maximum Gasteiger partial charge on any atom is 0.226 e. The van der Waals surface area contributed by atoms with Crippen molar-refractivity contribution in [1.82, 2.24) is 0 Å². The van der Waals surface area contributed by atoms with E-state index in [4.69, 9.17) is 4.74 Å². The summed E-state index contributed by atoms with van der Waals surface area (Å²) in [6.45, 7) is 2.81. The van der Waals surface area contributed by atoms with Crippen LogP contribution in [0.2, 0.25) is 0 Å². The van der Waals surface area contributed by atoms with Gasteiger partial charge in [0.25, 0.3) is 0 Å². The van der Waals surface area contributed by atoms with Gasteiger partial charge in [-0.3, -0.25) is 4.79 Å². The van der Waals surface area contributed by atoms with Crippen LogP contribution < -0.4 is 5.32 Å². The van der Waals surface area contributed by atoms with Crippen molar-refractivity contribution in [2.45, 2.75) is 38.7 Å². The highest BCUT2D eigenvalue weighted by Gasteiger charge is 2.18. The molecular formula is C14H18INO2. The number of benzene rings is 1. The van der Waals surface area contributed by atoms with Gasteiger partial charge in [0, 0.05) is 15.9 Å². The van der Waals surface area contributed by atoms with Crippen molar-refractivity contribution in [2.24, 2.45) is 0 Å². The van der Waals surface area contributed by atoms with E-state index in [0.717, 1.165) is 30.7 Å². The molecule has 0 aromatic heterocycles. The SMILES string of the molecule is Cc1c(I)cccc1NC(=O)CC1CCCCO1. The summed E-state index contributed by atoms with van der Waals surface area (Å²) >= 11 is 2.28. The van der Waals surface area contributed by atoms with E-state index in [0.29, 0.717) is 6.42 Å². The Morgan fingerprint density at radius 1 is 1.50 bits per heavy atom. The Hall–Kier alpha value is -0.620. The molecule has 1 atom stereocenters. The quantitative estimate of drug-likeness (QED) is 0.839. The predicted octanol–water partition coefficient (Wildman–Crippen LogP) is 3.50. The van der Waals surface area contributed by atoms with Gasteiger partial charge in [-0.1, -0.05) is 6.07 Å². The summed E-state index contributed by atoms with van der Waals surface area (Å²) in [5.41, 5.74) is 2.03. The first kappa shape index (κ1) is 13.8. The molecule has 1 N–H and O–H groups in total. The molecule has 0 saturated carbocycles. The molecule has 1 aliphatic rings. The lowest BCUT2D eigenvalue weighted by molar-refractivity contribution is -0.119. The van der Waals surface area contributed by atoms with Gasteiger partial charge in [0.15, 0.2) is 0 Å². The van der Waals surface area contributed by atoms with Gasteiger partial charge in [-0.15, -0.1) is 0 Å². The van der Waals surface area contributed by atoms with Gasteiger partial charge in [-0.05, 0) is 66.5 Å². The van der Waals surface area contributed by atoms with Gasteiger partial charge in [0.1, 0.15) is 0 Å². The zero-order valence-electron chi connectivity index (χ0n) is 10.5. The van der Waals surface area contributed by atoms with E-state index in [1.807, 2.05) is 25.1 Å². The number of rotatable bonds is 3. The zero-order chi connectivity index (χ0) is 13.0. The maximum absolute atomic E-state index is 12.0. The molecule has 1 aromatic carbocycles. The van der Waals surface area contributed by atoms with Crippen LogP contribution in [0.4, 0.5) is 5.69 Å². The van der Waals surface area contributed by atoms with Gasteiger partial charge >= 0.3 is 0 Å². The summed E-state index contributed by atoms with van der Waals surface area (Å²) in [4.78, 5) is 12.0. The summed E-state index contributed by atoms with van der Waals surface area (Å²) in [5.74, 6) is 0.0481. The lowest BCUT2D eigenvalue weighted by Crippen LogP contribution is -2.25. The van der Waals surface area contributed by atoms with Gasteiger partial charge in [-0.25, -0.2) is 0 Å². The van der Waals surface area contributed by atoms with Crippen molar-refractivity contribution in [3.8, 4) is 0 Å². The highest BCUT2D eigenvalue weighted by Crippen LogP contribution is 2.21. The first-order chi connectivity index (χ1) is 8.66. The largest absolute Gasteiger partial charge is 0.378 e. The van der Waals surface area contributed by atoms with Crippen LogP contribution in [0, 0.1) is 10.5 Å². The fourth-order valence-electron chi connectivity index (χ4n) is 2.12. The molecule has 0 radical (unpaired) electrons. The summed E-state index contributed by atoms with van der Waals surface area (Å²) in [7, 11) is 0. The lowest BCUT2D eigenvalue weighted by atomic mass is 10.1. The maximum atomic E-state index is 12.0. The second-order valence-electron chi connectivity index (χ2n) is 4.65. The van der Waals surface area contributed by atoms with Crippen molar-refractivity contribution in [3.05, 3.63) is 27.3 Å². The number of nitrogens with one attached hydrogen (secondary N) is 1. The number of carbonyl (C=O) groups excluding carboxylic acids is 1. The second kappa shape index (κ2) is 6.52. The minimum absolute atomic E-state index is 0.0481. The van der Waals surface area contributed by atoms with E-state index in [-0.39, 0.29) is 12.0 Å². The van der Waals surface area contributed by atoms with E-state index in [1.54, 1.807) is 0 Å². The Labute approximate surface area is 121 Å². The number of anilines is 1. The Bertz CT molecular complexity index is 428. The molecule has 18 heavy (non-hydrogen) atoms. The third-order valence-electron chi connectivity index (χ3n) is 3.23. The Kier molecular flexibility index (Phi) is 5.00. The van der Waals surface area contributed by atoms with Crippen LogP contribution in [0.15, 0.2) is 18.2 Å². The summed E-state index contributed by atoms with van der Waals surface area (Å²) in [6.07, 6.45) is 3.85. The molecule has 2 rings (SSSR count). The van der Waals surface area contributed by atoms with E-state index >= 15 is 0 Å². The van der Waals surface area contributed by atoms with E-state index in [9.17, 15) is 4.79 Å². The minimum atomic E-state index is 0.0481. The molecule has 98 valence electrons. The van der Waals surface area contributed by atoms with Crippen LogP contribution in [0.25, 0.3) is 0 Å². The predicted molar refractivity (Wildman–Crippen MR) is 80.7 cm³/mol. The highest BCUT2D eigenvalue weighted by atomic mass is 127. The molecule has 3 nitrogen and oxygen atoms in total. The van der Waals surface area contributed by atoms with Crippen molar-refractivity contribution in [1.29, 1.82) is 0 Å². The molecule has 0 bridgehead atoms. The Morgan fingerprint density at radius 2 is 2.33 bits per heavy atom. The van der Waals surface area contributed by atoms with Gasteiger partial charge in [-0.2, -0.15) is 0 Å². The van der Waals surface area contributed by atoms with Crippen LogP contribution in [0.3, 0.4) is 0 Å². The smallest absolute Gasteiger partial charge is 0.226 e. The fourth-order valence-corrected chi connectivity index (χ4v) is 2.62. The van der Waals surface area contributed by atoms with E-state index < -0.39 is 0 Å². The average Bonchev–Trinajstić information content (AvgIpc) is 2.36. The van der Waals surface area contributed by atoms with Gasteiger partial charge in [0.05, 0.1) is 12.5 Å². The van der Waals surface area contributed by atoms with Gasteiger partial charge in [0.2, 0.25) is 5.91 Å². The van der Waals surface area contributed by atoms with Crippen LogP contribution in [-0.2, 0) is 9.53 Å². The summed E-state index contributed by atoms with van der Waals surface area (Å²) < 4.78 is 6.74. The molecule has 0 spiro atoms. The molecule has 1 amide bonds. The molecule has 1 unspecified atom stereocenters. The average molecular weight is 359 g/mol. The number of hydrogen-bond donors (Lipinski definition) is 1. The van der Waals surface area contributed by atoms with Crippen LogP contribution in [-0.4, -0.2) is 18.6 Å². The van der Waals surface area contributed by atoms with Crippen molar-refractivity contribution in [2.75, 3.05) is 11.9 Å². The highest BCUT2D eigenvalue weighted by molar-refractivity contribution is 14.1. The Morgan fingerprint density at radius 3 is 3.06 bits per heavy atom. The fraction of sp³-hybridized carbons (Fsp3) is 0.500. The van der Waals surface area contributed by atoms with Crippen LogP contribution in [0.5, 0.6) is 0 Å². The molecular weight excluding hydrogens is 341 g/mol. The van der Waals surface area contributed by atoms with Crippen LogP contribution >= 0.6 is 22.6 Å². The summed E-state index contributed by atoms with van der Waals surface area (Å²) in [6, 6.07) is 5.94. The topological polar surface area (TPSA) is 38.3 Å². The molecule has 4 heteroatoms. The molecule has 1 saturated heterocycles. The number of hydrogen-bond acceptors (Lipinski definition) is 2. The standard InChI is InChI=1S/C14H18INO2/c1-10-12(15)6-4-7-13(10)16-14(17)9-11-5-2-3-8-18-11/h4,6-7,11H,2-3,5,8-9H2,1H3,(H,16,17). The monoisotopic (exact) mass is 359 g/mol. The van der Waals surface area contributed by atoms with Crippen LogP contribution in [0.1, 0.15) is 31.2 Å². The normalized spacial score (nSPS) is 19.6. The molecule has 1 aliphatic heterocycles. The molecule has 1 heterocycles. The van der Waals surface area contributed by atoms with E-state index in [1.165, 1.54) is 9.99 Å². The molecule has 1 fully saturated rings. The number of carbonyl (C=O) groups is 1. The van der Waals surface area contributed by atoms with Crippen molar-refractivity contribution < 1.29 is 9.53 Å². The number of halogens is 1. The van der Waals surface area contributed by atoms with Crippen molar-refractivity contribution >= 4 is 34.2 Å². The number of ether oxygens (including phenoxy) is 1. The lowest BCUT2D eigenvalue weighted by Gasteiger charge is -2.22. The first-order valence-electron chi connectivity index (χ1n) is 6.33. The third-order valence-corrected chi connectivity index (χ3v) is 4.40. The van der Waals surface area contributed by atoms with Crippen molar-refractivity contribution in [3.63, 3.8) is 0 Å². The minimum Gasteiger partial charge on any atom is -0.378 e. The third kappa shape index (κ3) is 3.68.